The molecule has 2 aromatic rings. The topological polar surface area (TPSA) is 45.2 Å². The summed E-state index contributed by atoms with van der Waals surface area (Å²) >= 11 is 0. The average Bonchev–Trinajstić information content (AvgIpc) is 2.90. The van der Waals surface area contributed by atoms with Crippen LogP contribution in [0.25, 0.3) is 0 Å². The predicted molar refractivity (Wildman–Crippen MR) is 144 cm³/mol. The fourth-order valence-electron chi connectivity index (χ4n) is 5.24. The number of hydrogen-bond acceptors (Lipinski definition) is 5. The Labute approximate surface area is 221 Å². The number of halogens is 1. The van der Waals surface area contributed by atoms with E-state index in [1.807, 2.05) is 43.0 Å². The van der Waals surface area contributed by atoms with Gasteiger partial charge in [0.1, 0.15) is 11.6 Å². The van der Waals surface area contributed by atoms with E-state index >= 15 is 0 Å². The van der Waals surface area contributed by atoms with Gasteiger partial charge in [-0.3, -0.25) is 9.69 Å². The van der Waals surface area contributed by atoms with Crippen molar-refractivity contribution in [2.45, 2.75) is 58.2 Å². The van der Waals surface area contributed by atoms with E-state index < -0.39 is 0 Å². The van der Waals surface area contributed by atoms with Crippen molar-refractivity contribution in [1.82, 2.24) is 14.7 Å². The Morgan fingerprint density at radius 2 is 1.54 bits per heavy atom. The minimum absolute atomic E-state index is 0.115. The molecule has 2 aliphatic heterocycles. The third kappa shape index (κ3) is 8.80. The highest BCUT2D eigenvalue weighted by molar-refractivity contribution is 5.79. The monoisotopic (exact) mass is 511 g/mol. The molecular formula is C30H42FN3O3. The van der Waals surface area contributed by atoms with Crippen molar-refractivity contribution in [3.63, 3.8) is 0 Å². The van der Waals surface area contributed by atoms with Crippen molar-refractivity contribution < 1.29 is 18.7 Å². The summed E-state index contributed by atoms with van der Waals surface area (Å²) in [5, 5.41) is 0. The Bertz CT molecular complexity index is 953. The first-order valence-electron chi connectivity index (χ1n) is 13.8. The van der Waals surface area contributed by atoms with Gasteiger partial charge in [0.15, 0.2) is 0 Å². The lowest BCUT2D eigenvalue weighted by atomic mass is 10.0. The molecule has 0 aliphatic carbocycles. The van der Waals surface area contributed by atoms with E-state index in [1.165, 1.54) is 18.6 Å². The lowest BCUT2D eigenvalue weighted by Crippen LogP contribution is -2.48. The first-order valence-corrected chi connectivity index (χ1v) is 13.8. The maximum absolute atomic E-state index is 13.6. The summed E-state index contributed by atoms with van der Waals surface area (Å²) in [7, 11) is 0. The molecule has 7 heteroatoms. The second kappa shape index (κ2) is 13.9. The van der Waals surface area contributed by atoms with Crippen LogP contribution in [0.15, 0.2) is 48.5 Å². The van der Waals surface area contributed by atoms with Crippen LogP contribution in [0, 0.1) is 5.82 Å². The molecule has 0 aromatic heterocycles. The van der Waals surface area contributed by atoms with Crippen LogP contribution in [-0.2, 0) is 22.5 Å². The van der Waals surface area contributed by atoms with Crippen LogP contribution >= 0.6 is 0 Å². The zero-order valence-corrected chi connectivity index (χ0v) is 22.4. The molecule has 0 bridgehead atoms. The van der Waals surface area contributed by atoms with Crippen LogP contribution in [0.2, 0.25) is 0 Å². The van der Waals surface area contributed by atoms with Crippen LogP contribution in [0.5, 0.6) is 5.75 Å². The summed E-state index contributed by atoms with van der Waals surface area (Å²) in [5.74, 6) is 0.679. The minimum Gasteiger partial charge on any atom is -0.491 e. The van der Waals surface area contributed by atoms with E-state index in [9.17, 15) is 9.18 Å². The van der Waals surface area contributed by atoms with Crippen molar-refractivity contribution in [3.8, 4) is 5.75 Å². The maximum atomic E-state index is 13.6. The Morgan fingerprint density at radius 3 is 2.16 bits per heavy atom. The van der Waals surface area contributed by atoms with Gasteiger partial charge in [0.05, 0.1) is 25.7 Å². The van der Waals surface area contributed by atoms with Crippen LogP contribution in [0.1, 0.15) is 44.2 Å². The number of morpholine rings is 1. The number of ether oxygens (including phenoxy) is 2. The molecular weight excluding hydrogens is 469 g/mol. The average molecular weight is 512 g/mol. The summed E-state index contributed by atoms with van der Waals surface area (Å²) in [5.41, 5.74) is 1.94. The van der Waals surface area contributed by atoms with Gasteiger partial charge in [-0.2, -0.15) is 0 Å². The van der Waals surface area contributed by atoms with Crippen molar-refractivity contribution in [2.24, 2.45) is 0 Å². The molecule has 0 radical (unpaired) electrons. The smallest absolute Gasteiger partial charge is 0.227 e. The first-order chi connectivity index (χ1) is 18.0. The molecule has 2 aromatic carbocycles. The van der Waals surface area contributed by atoms with Crippen LogP contribution in [0.3, 0.4) is 0 Å². The Hall–Kier alpha value is -2.48. The number of amides is 1. The minimum atomic E-state index is -0.254. The van der Waals surface area contributed by atoms with E-state index in [1.54, 1.807) is 12.1 Å². The summed E-state index contributed by atoms with van der Waals surface area (Å²) in [6.07, 6.45) is 3.56. The number of piperidine rings is 1. The van der Waals surface area contributed by atoms with E-state index in [4.69, 9.17) is 9.47 Å². The molecule has 37 heavy (non-hydrogen) atoms. The lowest BCUT2D eigenvalue weighted by molar-refractivity contribution is -0.134. The third-order valence-electron chi connectivity index (χ3n) is 7.29. The van der Waals surface area contributed by atoms with Crippen LogP contribution in [0.4, 0.5) is 4.39 Å². The summed E-state index contributed by atoms with van der Waals surface area (Å²) in [6.45, 7) is 12.5. The summed E-state index contributed by atoms with van der Waals surface area (Å²) in [4.78, 5) is 20.6. The fraction of sp³-hybridized carbons (Fsp3) is 0.567. The zero-order chi connectivity index (χ0) is 26.0. The Morgan fingerprint density at radius 1 is 0.946 bits per heavy atom. The van der Waals surface area contributed by atoms with Gasteiger partial charge >= 0.3 is 0 Å². The van der Waals surface area contributed by atoms with Crippen molar-refractivity contribution in [1.29, 1.82) is 0 Å². The third-order valence-corrected chi connectivity index (χ3v) is 7.29. The second-order valence-electron chi connectivity index (χ2n) is 10.5. The molecule has 0 saturated carbocycles. The summed E-state index contributed by atoms with van der Waals surface area (Å²) < 4.78 is 24.7. The van der Waals surface area contributed by atoms with Crippen molar-refractivity contribution in [2.75, 3.05) is 52.5 Å². The lowest BCUT2D eigenvalue weighted by Gasteiger charge is -2.39. The molecule has 2 saturated heterocycles. The normalized spacial score (nSPS) is 17.7. The fourth-order valence-corrected chi connectivity index (χ4v) is 5.24. The van der Waals surface area contributed by atoms with Crippen molar-refractivity contribution >= 4 is 5.91 Å². The van der Waals surface area contributed by atoms with Gasteiger partial charge in [-0.15, -0.1) is 0 Å². The number of nitrogens with zero attached hydrogens (tertiary/aromatic N) is 3. The molecule has 0 atom stereocenters. The predicted octanol–water partition coefficient (Wildman–Crippen LogP) is 4.37. The molecule has 6 nitrogen and oxygen atoms in total. The van der Waals surface area contributed by atoms with Gasteiger partial charge in [-0.1, -0.05) is 24.3 Å². The Kier molecular flexibility index (Phi) is 10.3. The number of carbonyl (C=O) groups excluding carboxylic acids is 1. The number of benzene rings is 2. The highest BCUT2D eigenvalue weighted by Crippen LogP contribution is 2.22. The van der Waals surface area contributed by atoms with Gasteiger partial charge in [-0.05, 0) is 81.6 Å². The molecule has 202 valence electrons. The van der Waals surface area contributed by atoms with E-state index in [0.717, 1.165) is 82.2 Å². The van der Waals surface area contributed by atoms with E-state index in [0.29, 0.717) is 13.0 Å². The molecule has 0 N–H and O–H groups in total. The Balaban J connectivity index is 1.33. The van der Waals surface area contributed by atoms with Crippen molar-refractivity contribution in [3.05, 3.63) is 65.5 Å². The van der Waals surface area contributed by atoms with Gasteiger partial charge in [0, 0.05) is 38.8 Å². The van der Waals surface area contributed by atoms with Gasteiger partial charge in [-0.25, -0.2) is 4.39 Å². The molecule has 0 spiro atoms. The molecule has 2 aliphatic rings. The van der Waals surface area contributed by atoms with Gasteiger partial charge < -0.3 is 19.3 Å². The standard InChI is InChI=1S/C30H42FN3O3/c1-24(2)37-29-10-6-25(7-11-29)22-30(35)34(23-26-4-8-27(31)9-5-26)28-12-16-32(17-13-28)14-3-15-33-18-20-36-21-19-33/h4-11,24,28H,3,12-23H2,1-2H3. The molecule has 2 fully saturated rings. The van der Waals surface area contributed by atoms with Gasteiger partial charge in [0.25, 0.3) is 0 Å². The quantitative estimate of drug-likeness (QED) is 0.448. The summed E-state index contributed by atoms with van der Waals surface area (Å²) in [6, 6.07) is 14.5. The molecule has 0 unspecified atom stereocenters. The highest BCUT2D eigenvalue weighted by Gasteiger charge is 2.28. The number of hydrogen-bond donors (Lipinski definition) is 0. The largest absolute Gasteiger partial charge is 0.491 e. The molecule has 2 heterocycles. The van der Waals surface area contributed by atoms with Crippen LogP contribution < -0.4 is 4.74 Å². The zero-order valence-electron chi connectivity index (χ0n) is 22.4. The highest BCUT2D eigenvalue weighted by atomic mass is 19.1. The number of likely N-dealkylation sites (tertiary alicyclic amines) is 1. The maximum Gasteiger partial charge on any atom is 0.227 e. The second-order valence-corrected chi connectivity index (χ2v) is 10.5. The van der Waals surface area contributed by atoms with Crippen LogP contribution in [-0.4, -0.2) is 85.2 Å². The number of rotatable bonds is 11. The van der Waals surface area contributed by atoms with E-state index in [2.05, 4.69) is 9.80 Å². The number of carbonyl (C=O) groups is 1. The SMILES string of the molecule is CC(C)Oc1ccc(CC(=O)N(Cc2ccc(F)cc2)C2CCN(CCCN3CCOCC3)CC2)cc1. The molecule has 1 amide bonds. The first kappa shape index (κ1) is 27.6. The van der Waals surface area contributed by atoms with Gasteiger partial charge in [0.2, 0.25) is 5.91 Å². The molecule has 4 rings (SSSR count). The van der Waals surface area contributed by atoms with E-state index in [-0.39, 0.29) is 23.9 Å².